The van der Waals surface area contributed by atoms with Crippen LogP contribution in [0.4, 0.5) is 13.6 Å². The van der Waals surface area contributed by atoms with Gasteiger partial charge in [0.15, 0.2) is 0 Å². The number of carbonyl (C=O) groups is 3. The summed E-state index contributed by atoms with van der Waals surface area (Å²) in [4.78, 5) is 44.5. The summed E-state index contributed by atoms with van der Waals surface area (Å²) in [5.74, 6) is -3.37. The molecule has 0 spiro atoms. The van der Waals surface area contributed by atoms with Gasteiger partial charge >= 0.3 is 6.09 Å². The third-order valence-electron chi connectivity index (χ3n) is 7.39. The molecule has 226 valence electrons. The number of alkyl halides is 2. The van der Waals surface area contributed by atoms with E-state index in [-0.39, 0.29) is 11.7 Å². The van der Waals surface area contributed by atoms with E-state index < -0.39 is 48.9 Å². The average molecular weight is 586 g/mol. The number of pyridine rings is 1. The van der Waals surface area contributed by atoms with Crippen LogP contribution in [0.25, 0.3) is 10.9 Å². The standard InChI is InChI=1S/C30H37F2N5O5/c1-29(2,3)42-28(40)36-12-9-20(10-13-36)5-4-14-41-22-6-7-25-24(15-22)23(8-11-34-25)27(39)35-18-26(38)37-19-30(31,32)16-21(37)17-33/h6-8,11,15,20-21H,4-5,9-10,12-14,16,18-19H2,1-3H3,(H,35,39)/t21-/m0/s1. The molecule has 2 saturated heterocycles. The first-order chi connectivity index (χ1) is 19.8. The number of carbonyl (C=O) groups excluding carboxylic acids is 3. The molecule has 0 bridgehead atoms. The lowest BCUT2D eigenvalue weighted by atomic mass is 9.92. The molecule has 0 unspecified atom stereocenters. The van der Waals surface area contributed by atoms with E-state index in [0.717, 1.165) is 30.6 Å². The number of rotatable bonds is 8. The molecule has 1 atom stereocenters. The molecule has 3 heterocycles. The van der Waals surface area contributed by atoms with Crippen molar-refractivity contribution >= 4 is 28.8 Å². The van der Waals surface area contributed by atoms with Crippen molar-refractivity contribution in [1.82, 2.24) is 20.1 Å². The van der Waals surface area contributed by atoms with Crippen LogP contribution in [0, 0.1) is 17.2 Å². The number of hydrogen-bond donors (Lipinski definition) is 1. The van der Waals surface area contributed by atoms with E-state index in [9.17, 15) is 23.2 Å². The molecule has 1 N–H and O–H groups in total. The predicted octanol–water partition coefficient (Wildman–Crippen LogP) is 4.53. The third-order valence-corrected chi connectivity index (χ3v) is 7.39. The van der Waals surface area contributed by atoms with Gasteiger partial charge in [-0.15, -0.1) is 0 Å². The minimum absolute atomic E-state index is 0.263. The summed E-state index contributed by atoms with van der Waals surface area (Å²) >= 11 is 0. The molecule has 2 aromatic rings. The molecule has 2 fully saturated rings. The molecule has 1 aromatic heterocycles. The lowest BCUT2D eigenvalue weighted by molar-refractivity contribution is -0.131. The van der Waals surface area contributed by atoms with Gasteiger partial charge in [-0.25, -0.2) is 13.6 Å². The molecule has 12 heteroatoms. The molecule has 0 radical (unpaired) electrons. The Morgan fingerprint density at radius 3 is 2.62 bits per heavy atom. The number of aromatic nitrogens is 1. The maximum atomic E-state index is 13.7. The first-order valence-electron chi connectivity index (χ1n) is 14.2. The first-order valence-corrected chi connectivity index (χ1v) is 14.2. The van der Waals surface area contributed by atoms with E-state index in [1.807, 2.05) is 20.8 Å². The summed E-state index contributed by atoms with van der Waals surface area (Å²) in [6.07, 6.45) is 4.12. The maximum absolute atomic E-state index is 13.7. The highest BCUT2D eigenvalue weighted by molar-refractivity contribution is 6.07. The van der Waals surface area contributed by atoms with Gasteiger partial charge in [0, 0.05) is 31.1 Å². The van der Waals surface area contributed by atoms with Crippen molar-refractivity contribution in [2.75, 3.05) is 32.8 Å². The lowest BCUT2D eigenvalue weighted by Crippen LogP contribution is -2.43. The number of nitrogens with one attached hydrogen (secondary N) is 1. The van der Waals surface area contributed by atoms with E-state index in [2.05, 4.69) is 10.3 Å². The van der Waals surface area contributed by atoms with Gasteiger partial charge in [0.2, 0.25) is 5.91 Å². The van der Waals surface area contributed by atoms with Crippen molar-refractivity contribution < 1.29 is 32.6 Å². The molecule has 2 aliphatic heterocycles. The fourth-order valence-electron chi connectivity index (χ4n) is 5.25. The Labute approximate surface area is 243 Å². The number of ether oxygens (including phenoxy) is 2. The third kappa shape index (κ3) is 8.05. The number of likely N-dealkylation sites (tertiary alicyclic amines) is 2. The molecule has 10 nitrogen and oxygen atoms in total. The quantitative estimate of drug-likeness (QED) is 0.452. The molecule has 1 aromatic carbocycles. The summed E-state index contributed by atoms with van der Waals surface area (Å²) < 4.78 is 38.8. The zero-order valence-corrected chi connectivity index (χ0v) is 24.2. The fraction of sp³-hybridized carbons (Fsp3) is 0.567. The Morgan fingerprint density at radius 1 is 1.19 bits per heavy atom. The van der Waals surface area contributed by atoms with Crippen LogP contribution in [-0.2, 0) is 9.53 Å². The number of piperidine rings is 1. The minimum Gasteiger partial charge on any atom is -0.494 e. The molecule has 42 heavy (non-hydrogen) atoms. The van der Waals surface area contributed by atoms with Crippen LogP contribution in [0.15, 0.2) is 30.5 Å². The Bertz CT molecular complexity index is 1350. The molecule has 2 aliphatic rings. The van der Waals surface area contributed by atoms with Gasteiger partial charge in [0.05, 0.1) is 36.8 Å². The summed E-state index contributed by atoms with van der Waals surface area (Å²) in [6, 6.07) is 7.23. The van der Waals surface area contributed by atoms with Gasteiger partial charge in [-0.05, 0) is 76.6 Å². The Hall–Kier alpha value is -4.01. The van der Waals surface area contributed by atoms with Crippen molar-refractivity contribution in [2.45, 2.75) is 70.4 Å². The van der Waals surface area contributed by atoms with Crippen LogP contribution >= 0.6 is 0 Å². The van der Waals surface area contributed by atoms with Gasteiger partial charge in [-0.2, -0.15) is 5.26 Å². The second kappa shape index (κ2) is 12.9. The van der Waals surface area contributed by atoms with Crippen LogP contribution in [0.1, 0.15) is 63.2 Å². The summed E-state index contributed by atoms with van der Waals surface area (Å²) in [6.45, 7) is 6.06. The van der Waals surface area contributed by atoms with Crippen molar-refractivity contribution in [3.63, 3.8) is 0 Å². The lowest BCUT2D eigenvalue weighted by Gasteiger charge is -2.33. The second-order valence-corrected chi connectivity index (χ2v) is 11.8. The smallest absolute Gasteiger partial charge is 0.410 e. The number of benzene rings is 1. The van der Waals surface area contributed by atoms with Gasteiger partial charge in [0.25, 0.3) is 11.8 Å². The van der Waals surface area contributed by atoms with Gasteiger partial charge in [0.1, 0.15) is 17.4 Å². The molecular weight excluding hydrogens is 548 g/mol. The molecule has 4 rings (SSSR count). The van der Waals surface area contributed by atoms with Crippen molar-refractivity contribution in [2.24, 2.45) is 5.92 Å². The van der Waals surface area contributed by atoms with E-state index in [4.69, 9.17) is 14.7 Å². The fourth-order valence-corrected chi connectivity index (χ4v) is 5.25. The Kier molecular flexibility index (Phi) is 9.49. The normalized spacial score (nSPS) is 18.9. The van der Waals surface area contributed by atoms with Crippen LogP contribution < -0.4 is 10.1 Å². The largest absolute Gasteiger partial charge is 0.494 e. The summed E-state index contributed by atoms with van der Waals surface area (Å²) in [5.41, 5.74) is 0.312. The average Bonchev–Trinajstić information content (AvgIpc) is 3.27. The van der Waals surface area contributed by atoms with E-state index in [0.29, 0.717) is 42.3 Å². The highest BCUT2D eigenvalue weighted by Crippen LogP contribution is 2.31. The molecule has 0 saturated carbocycles. The van der Waals surface area contributed by atoms with E-state index >= 15 is 0 Å². The topological polar surface area (TPSA) is 125 Å². The zero-order chi connectivity index (χ0) is 30.5. The predicted molar refractivity (Wildman–Crippen MR) is 150 cm³/mol. The zero-order valence-electron chi connectivity index (χ0n) is 24.2. The van der Waals surface area contributed by atoms with E-state index in [1.54, 1.807) is 29.2 Å². The van der Waals surface area contributed by atoms with Crippen LogP contribution in [0.5, 0.6) is 5.75 Å². The molecular formula is C30H37F2N5O5. The van der Waals surface area contributed by atoms with Gasteiger partial charge < -0.3 is 24.6 Å². The highest BCUT2D eigenvalue weighted by atomic mass is 19.3. The van der Waals surface area contributed by atoms with Crippen molar-refractivity contribution in [3.8, 4) is 11.8 Å². The van der Waals surface area contributed by atoms with E-state index in [1.165, 1.54) is 12.3 Å². The number of amides is 3. The van der Waals surface area contributed by atoms with Crippen molar-refractivity contribution in [3.05, 3.63) is 36.0 Å². The molecule has 3 amide bonds. The van der Waals surface area contributed by atoms with Gasteiger partial charge in [-0.1, -0.05) is 0 Å². The summed E-state index contributed by atoms with van der Waals surface area (Å²) in [5, 5.41) is 12.1. The summed E-state index contributed by atoms with van der Waals surface area (Å²) in [7, 11) is 0. The molecule has 0 aliphatic carbocycles. The number of nitriles is 1. The van der Waals surface area contributed by atoms with Crippen LogP contribution in [-0.4, -0.2) is 83.0 Å². The second-order valence-electron chi connectivity index (χ2n) is 11.8. The number of fused-ring (bicyclic) bond motifs is 1. The van der Waals surface area contributed by atoms with Crippen molar-refractivity contribution in [1.29, 1.82) is 5.26 Å². The van der Waals surface area contributed by atoms with Crippen LogP contribution in [0.3, 0.4) is 0 Å². The SMILES string of the molecule is CC(C)(C)OC(=O)N1CCC(CCCOc2ccc3nccc(C(=O)NCC(=O)N4CC(F)(F)C[C@H]4C#N)c3c2)CC1. The number of nitrogens with zero attached hydrogens (tertiary/aromatic N) is 4. The van der Waals surface area contributed by atoms with Gasteiger partial charge in [-0.3, -0.25) is 14.6 Å². The number of hydrogen-bond acceptors (Lipinski definition) is 7. The highest BCUT2D eigenvalue weighted by Gasteiger charge is 2.47. The van der Waals surface area contributed by atoms with Crippen LogP contribution in [0.2, 0.25) is 0 Å². The Balaban J connectivity index is 1.26. The first kappa shape index (κ1) is 30.9. The minimum atomic E-state index is -3.13. The number of halogens is 2. The Morgan fingerprint density at radius 2 is 1.93 bits per heavy atom. The monoisotopic (exact) mass is 585 g/mol. The maximum Gasteiger partial charge on any atom is 0.410 e.